The molecule has 2 N–H and O–H groups in total. The number of ether oxygens (including phenoxy) is 1. The molecule has 0 aliphatic heterocycles. The van der Waals surface area contributed by atoms with Crippen LogP contribution < -0.4 is 5.32 Å². The highest BCUT2D eigenvalue weighted by molar-refractivity contribution is 5.91. The number of amides is 1. The maximum atomic E-state index is 13.7. The number of nitrogens with zero attached hydrogens (tertiary/aromatic N) is 1. The summed E-state index contributed by atoms with van der Waals surface area (Å²) in [5.74, 6) is -0.806. The van der Waals surface area contributed by atoms with E-state index in [-0.39, 0.29) is 18.8 Å². The molecule has 0 fully saturated rings. The second-order valence-electron chi connectivity index (χ2n) is 9.15. The van der Waals surface area contributed by atoms with E-state index in [1.165, 1.54) is 6.07 Å². The van der Waals surface area contributed by atoms with Crippen LogP contribution in [0.15, 0.2) is 77.3 Å². The van der Waals surface area contributed by atoms with Crippen molar-refractivity contribution in [3.05, 3.63) is 95.5 Å². The lowest BCUT2D eigenvalue weighted by molar-refractivity contribution is -0.142. The zero-order valence-electron chi connectivity index (χ0n) is 20.7. The molecule has 0 bridgehead atoms. The highest BCUT2D eigenvalue weighted by atomic mass is 19.1. The van der Waals surface area contributed by atoms with Gasteiger partial charge in [0.1, 0.15) is 17.2 Å². The van der Waals surface area contributed by atoms with E-state index in [2.05, 4.69) is 10.5 Å². The number of aromatic nitrogens is 1. The first-order chi connectivity index (χ1) is 17.7. The smallest absolute Gasteiger partial charge is 0.411 e. The van der Waals surface area contributed by atoms with E-state index < -0.39 is 17.5 Å². The molecule has 0 unspecified atom stereocenters. The van der Waals surface area contributed by atoms with E-state index in [9.17, 15) is 19.1 Å². The van der Waals surface area contributed by atoms with Gasteiger partial charge in [-0.25, -0.2) is 9.18 Å². The summed E-state index contributed by atoms with van der Waals surface area (Å²) in [5.41, 5.74) is 3.65. The number of anilines is 1. The van der Waals surface area contributed by atoms with Crippen LogP contribution in [0, 0.1) is 12.7 Å². The van der Waals surface area contributed by atoms with Crippen LogP contribution in [0.3, 0.4) is 0 Å². The number of benzene rings is 3. The third-order valence-corrected chi connectivity index (χ3v) is 6.29. The Hall–Kier alpha value is -4.46. The van der Waals surface area contributed by atoms with Crippen LogP contribution in [0.1, 0.15) is 30.7 Å². The molecule has 1 heterocycles. The lowest BCUT2D eigenvalue weighted by atomic mass is 9.84. The SMILES string of the molecule is Cc1onc(-c2ccc(-c3ccc(C(C)(C)C(=O)O)cc3)cc2)c1NC(=O)OCCc1ccccc1F. The summed E-state index contributed by atoms with van der Waals surface area (Å²) in [7, 11) is 0. The number of nitrogens with one attached hydrogen (secondary N) is 1. The fourth-order valence-corrected chi connectivity index (χ4v) is 3.83. The number of hydrogen-bond donors (Lipinski definition) is 2. The molecule has 8 heteroatoms. The maximum Gasteiger partial charge on any atom is 0.411 e. The molecule has 3 aromatic carbocycles. The molecule has 0 spiro atoms. The fourth-order valence-electron chi connectivity index (χ4n) is 3.83. The highest BCUT2D eigenvalue weighted by Crippen LogP contribution is 2.32. The van der Waals surface area contributed by atoms with Crippen LogP contribution in [-0.4, -0.2) is 28.9 Å². The van der Waals surface area contributed by atoms with Crippen molar-refractivity contribution in [2.24, 2.45) is 0 Å². The summed E-state index contributed by atoms with van der Waals surface area (Å²) in [5, 5.41) is 16.2. The lowest BCUT2D eigenvalue weighted by Gasteiger charge is -2.19. The van der Waals surface area contributed by atoms with E-state index in [1.54, 1.807) is 39.0 Å². The van der Waals surface area contributed by atoms with Gasteiger partial charge >= 0.3 is 12.1 Å². The second-order valence-corrected chi connectivity index (χ2v) is 9.15. The molecule has 4 aromatic rings. The van der Waals surface area contributed by atoms with Crippen molar-refractivity contribution in [3.8, 4) is 22.4 Å². The Labute approximate surface area is 213 Å². The minimum Gasteiger partial charge on any atom is -0.481 e. The predicted octanol–water partition coefficient (Wildman–Crippen LogP) is 6.61. The van der Waals surface area contributed by atoms with E-state index in [0.717, 1.165) is 22.3 Å². The summed E-state index contributed by atoms with van der Waals surface area (Å²) in [6, 6.07) is 21.3. The Morgan fingerprint density at radius 2 is 1.57 bits per heavy atom. The Morgan fingerprint density at radius 3 is 2.19 bits per heavy atom. The molecular weight excluding hydrogens is 475 g/mol. The second kappa shape index (κ2) is 10.7. The normalized spacial score (nSPS) is 11.2. The Bertz CT molecular complexity index is 1410. The summed E-state index contributed by atoms with van der Waals surface area (Å²) in [6.45, 7) is 5.04. The molecule has 7 nitrogen and oxygen atoms in total. The van der Waals surface area contributed by atoms with E-state index >= 15 is 0 Å². The molecule has 0 atom stereocenters. The number of aryl methyl sites for hydroxylation is 1. The van der Waals surface area contributed by atoms with Crippen molar-refractivity contribution in [3.63, 3.8) is 0 Å². The maximum absolute atomic E-state index is 13.7. The lowest BCUT2D eigenvalue weighted by Crippen LogP contribution is -2.28. The van der Waals surface area contributed by atoms with Gasteiger partial charge in [0.05, 0.1) is 12.0 Å². The van der Waals surface area contributed by atoms with Crippen LogP contribution in [0.4, 0.5) is 14.9 Å². The van der Waals surface area contributed by atoms with Crippen molar-refractivity contribution in [1.82, 2.24) is 5.16 Å². The number of aliphatic carboxylic acids is 1. The molecule has 4 rings (SSSR count). The molecule has 1 amide bonds. The monoisotopic (exact) mass is 502 g/mol. The van der Waals surface area contributed by atoms with E-state index in [4.69, 9.17) is 9.26 Å². The van der Waals surface area contributed by atoms with Gasteiger partial charge in [0.2, 0.25) is 0 Å². The number of hydrogen-bond acceptors (Lipinski definition) is 5. The first-order valence-corrected chi connectivity index (χ1v) is 11.7. The molecule has 190 valence electrons. The number of carbonyl (C=O) groups is 2. The molecule has 0 saturated heterocycles. The van der Waals surface area contributed by atoms with Gasteiger partial charge in [-0.2, -0.15) is 0 Å². The van der Waals surface area contributed by atoms with Crippen LogP contribution in [-0.2, 0) is 21.4 Å². The van der Waals surface area contributed by atoms with Gasteiger partial charge in [-0.05, 0) is 49.1 Å². The molecule has 0 aliphatic rings. The minimum atomic E-state index is -0.977. The van der Waals surface area contributed by atoms with Crippen LogP contribution in [0.5, 0.6) is 0 Å². The molecule has 0 aliphatic carbocycles. The first-order valence-electron chi connectivity index (χ1n) is 11.7. The average Bonchev–Trinajstić information content (AvgIpc) is 3.25. The van der Waals surface area contributed by atoms with Crippen LogP contribution in [0.25, 0.3) is 22.4 Å². The third kappa shape index (κ3) is 5.69. The Balaban J connectivity index is 1.43. The van der Waals surface area contributed by atoms with Crippen LogP contribution >= 0.6 is 0 Å². The Morgan fingerprint density at radius 1 is 0.973 bits per heavy atom. The zero-order valence-corrected chi connectivity index (χ0v) is 20.7. The van der Waals surface area contributed by atoms with Gasteiger partial charge in [-0.15, -0.1) is 0 Å². The van der Waals surface area contributed by atoms with Gasteiger partial charge in [0, 0.05) is 12.0 Å². The van der Waals surface area contributed by atoms with Gasteiger partial charge in [0.15, 0.2) is 5.76 Å². The van der Waals surface area contributed by atoms with Crippen molar-refractivity contribution in [2.75, 3.05) is 11.9 Å². The van der Waals surface area contributed by atoms with Crippen molar-refractivity contribution in [1.29, 1.82) is 0 Å². The molecular formula is C29H27FN2O5. The summed E-state index contributed by atoms with van der Waals surface area (Å²) in [6.07, 6.45) is -0.434. The predicted molar refractivity (Wildman–Crippen MR) is 138 cm³/mol. The average molecular weight is 503 g/mol. The third-order valence-electron chi connectivity index (χ3n) is 6.29. The Kier molecular flexibility index (Phi) is 7.38. The topological polar surface area (TPSA) is 102 Å². The number of rotatable bonds is 8. The number of carboxylic acids is 1. The van der Waals surface area contributed by atoms with Crippen LogP contribution in [0.2, 0.25) is 0 Å². The number of carbonyl (C=O) groups excluding carboxylic acids is 1. The summed E-state index contributed by atoms with van der Waals surface area (Å²) in [4.78, 5) is 23.9. The van der Waals surface area contributed by atoms with Crippen molar-refractivity contribution >= 4 is 17.7 Å². The molecule has 0 saturated carbocycles. The quantitative estimate of drug-likeness (QED) is 0.281. The van der Waals surface area contributed by atoms with Gasteiger partial charge in [-0.1, -0.05) is 71.9 Å². The molecule has 0 radical (unpaired) electrons. The number of carboxylic acid groups (broad SMARTS) is 1. The summed E-state index contributed by atoms with van der Waals surface area (Å²) >= 11 is 0. The van der Waals surface area contributed by atoms with Gasteiger partial charge < -0.3 is 14.4 Å². The minimum absolute atomic E-state index is 0.0174. The van der Waals surface area contributed by atoms with E-state index in [0.29, 0.717) is 22.7 Å². The summed E-state index contributed by atoms with van der Waals surface area (Å²) < 4.78 is 24.3. The highest BCUT2D eigenvalue weighted by Gasteiger charge is 2.29. The number of halogens is 1. The van der Waals surface area contributed by atoms with Crippen molar-refractivity contribution < 1.29 is 28.3 Å². The standard InChI is InChI=1S/C29H27FN2O5/c1-18-25(31-28(35)36-17-16-21-6-4-5-7-24(21)30)26(32-37-18)22-10-8-19(9-11-22)20-12-14-23(15-13-20)29(2,3)27(33)34/h4-15H,16-17H2,1-3H3,(H,31,35)(H,33,34). The molecule has 1 aromatic heterocycles. The van der Waals surface area contributed by atoms with Crippen molar-refractivity contribution in [2.45, 2.75) is 32.6 Å². The largest absolute Gasteiger partial charge is 0.481 e. The fraction of sp³-hybridized carbons (Fsp3) is 0.207. The zero-order chi connectivity index (χ0) is 26.6. The van der Waals surface area contributed by atoms with Gasteiger partial charge in [0.25, 0.3) is 0 Å². The first kappa shape index (κ1) is 25.6. The van der Waals surface area contributed by atoms with Gasteiger partial charge in [-0.3, -0.25) is 10.1 Å². The van der Waals surface area contributed by atoms with E-state index in [1.807, 2.05) is 48.5 Å². The molecule has 37 heavy (non-hydrogen) atoms.